The van der Waals surface area contributed by atoms with E-state index in [-0.39, 0.29) is 5.82 Å². The normalized spacial score (nSPS) is 20.2. The fourth-order valence-electron chi connectivity index (χ4n) is 2.85. The van der Waals surface area contributed by atoms with Crippen molar-refractivity contribution in [2.45, 2.75) is 18.9 Å². The number of aliphatic imine (C=N–C) groups is 1. The molecule has 2 N–H and O–H groups in total. The Morgan fingerprint density at radius 1 is 1.09 bits per heavy atom. The molecule has 2 aromatic rings. The summed E-state index contributed by atoms with van der Waals surface area (Å²) in [5.41, 5.74) is 2.05. The quantitative estimate of drug-likeness (QED) is 0.656. The minimum absolute atomic E-state index is 0.193. The van der Waals surface area contributed by atoms with Gasteiger partial charge in [-0.15, -0.1) is 0 Å². The highest BCUT2D eigenvalue weighted by molar-refractivity contribution is 5.79. The van der Waals surface area contributed by atoms with Gasteiger partial charge in [0.2, 0.25) is 0 Å². The van der Waals surface area contributed by atoms with Crippen molar-refractivity contribution in [3.05, 3.63) is 71.5 Å². The van der Waals surface area contributed by atoms with Crippen molar-refractivity contribution in [1.82, 2.24) is 10.6 Å². The zero-order valence-corrected chi connectivity index (χ0v) is 13.3. The van der Waals surface area contributed by atoms with E-state index in [0.717, 1.165) is 6.54 Å². The van der Waals surface area contributed by atoms with Gasteiger partial charge >= 0.3 is 0 Å². The van der Waals surface area contributed by atoms with Gasteiger partial charge in [-0.05, 0) is 29.9 Å². The molecular formula is C19H22FN3. The number of nitrogens with one attached hydrogen (secondary N) is 2. The van der Waals surface area contributed by atoms with E-state index in [1.807, 2.05) is 12.1 Å². The summed E-state index contributed by atoms with van der Waals surface area (Å²) >= 11 is 0. The molecule has 1 aliphatic carbocycles. The Hall–Kier alpha value is -2.36. The molecule has 0 spiro atoms. The van der Waals surface area contributed by atoms with Crippen LogP contribution in [0.5, 0.6) is 0 Å². The van der Waals surface area contributed by atoms with E-state index in [2.05, 4.69) is 39.9 Å². The first kappa shape index (κ1) is 15.5. The zero-order valence-electron chi connectivity index (χ0n) is 13.3. The van der Waals surface area contributed by atoms with Gasteiger partial charge in [0.1, 0.15) is 5.82 Å². The van der Waals surface area contributed by atoms with Crippen molar-refractivity contribution in [3.63, 3.8) is 0 Å². The summed E-state index contributed by atoms with van der Waals surface area (Å²) in [6.07, 6.45) is 1.21. The molecule has 0 aliphatic heterocycles. The molecule has 1 aliphatic rings. The average Bonchev–Trinajstić information content (AvgIpc) is 3.37. The molecule has 0 bridgehead atoms. The Morgan fingerprint density at radius 3 is 2.57 bits per heavy atom. The van der Waals surface area contributed by atoms with Gasteiger partial charge in [0.05, 0.1) is 0 Å². The predicted octanol–water partition coefficient (Wildman–Crippen LogP) is 3.29. The number of benzene rings is 2. The Morgan fingerprint density at radius 2 is 1.83 bits per heavy atom. The maximum Gasteiger partial charge on any atom is 0.191 e. The highest BCUT2D eigenvalue weighted by Gasteiger charge is 2.37. The van der Waals surface area contributed by atoms with Crippen LogP contribution < -0.4 is 10.6 Å². The first-order valence-electron chi connectivity index (χ1n) is 8.01. The van der Waals surface area contributed by atoms with Crippen LogP contribution in [0.4, 0.5) is 4.39 Å². The lowest BCUT2D eigenvalue weighted by Gasteiger charge is -2.12. The lowest BCUT2D eigenvalue weighted by molar-refractivity contribution is 0.604. The Labute approximate surface area is 136 Å². The van der Waals surface area contributed by atoms with Gasteiger partial charge < -0.3 is 10.6 Å². The Bertz CT molecular complexity index is 669. The number of halogens is 1. The van der Waals surface area contributed by atoms with Gasteiger partial charge in [-0.1, -0.05) is 48.5 Å². The second-order valence-corrected chi connectivity index (χ2v) is 5.91. The van der Waals surface area contributed by atoms with Crippen LogP contribution in [0.3, 0.4) is 0 Å². The molecule has 0 amide bonds. The molecule has 0 heterocycles. The van der Waals surface area contributed by atoms with Gasteiger partial charge in [-0.3, -0.25) is 4.99 Å². The Kier molecular flexibility index (Phi) is 4.91. The summed E-state index contributed by atoms with van der Waals surface area (Å²) in [5.74, 6) is 1.81. The monoisotopic (exact) mass is 311 g/mol. The van der Waals surface area contributed by atoms with E-state index in [1.54, 1.807) is 19.2 Å². The molecule has 0 radical (unpaired) electrons. The standard InChI is InChI=1S/C19H22FN3/c1-21-19(22-12-15-9-5-6-10-18(15)20)23-13-16-11-17(16)14-7-3-2-4-8-14/h2-10,16-17H,11-13H2,1H3,(H2,21,22,23). The third-order valence-corrected chi connectivity index (χ3v) is 4.31. The van der Waals surface area contributed by atoms with Crippen molar-refractivity contribution < 1.29 is 4.39 Å². The fourth-order valence-corrected chi connectivity index (χ4v) is 2.85. The summed E-state index contributed by atoms with van der Waals surface area (Å²) in [4.78, 5) is 4.20. The van der Waals surface area contributed by atoms with E-state index >= 15 is 0 Å². The van der Waals surface area contributed by atoms with Crippen LogP contribution in [0.15, 0.2) is 59.6 Å². The number of nitrogens with zero attached hydrogens (tertiary/aromatic N) is 1. The van der Waals surface area contributed by atoms with Crippen LogP contribution in [0.25, 0.3) is 0 Å². The van der Waals surface area contributed by atoms with Gasteiger partial charge in [-0.25, -0.2) is 4.39 Å². The summed E-state index contributed by atoms with van der Waals surface area (Å²) in [7, 11) is 1.73. The van der Waals surface area contributed by atoms with Crippen LogP contribution in [-0.4, -0.2) is 19.6 Å². The fraction of sp³-hybridized carbons (Fsp3) is 0.316. The molecule has 23 heavy (non-hydrogen) atoms. The van der Waals surface area contributed by atoms with Gasteiger partial charge in [0.15, 0.2) is 5.96 Å². The predicted molar refractivity (Wildman–Crippen MR) is 91.9 cm³/mol. The number of rotatable bonds is 5. The smallest absolute Gasteiger partial charge is 0.191 e. The van der Waals surface area contributed by atoms with E-state index in [1.165, 1.54) is 18.1 Å². The summed E-state index contributed by atoms with van der Waals surface area (Å²) < 4.78 is 13.6. The van der Waals surface area contributed by atoms with Crippen LogP contribution in [-0.2, 0) is 6.54 Å². The van der Waals surface area contributed by atoms with Crippen LogP contribution in [0, 0.1) is 11.7 Å². The maximum atomic E-state index is 13.6. The summed E-state index contributed by atoms with van der Waals surface area (Å²) in [6.45, 7) is 1.32. The molecule has 4 heteroatoms. The third kappa shape index (κ3) is 4.09. The van der Waals surface area contributed by atoms with Crippen molar-refractivity contribution in [3.8, 4) is 0 Å². The second kappa shape index (κ2) is 7.27. The second-order valence-electron chi connectivity index (χ2n) is 5.91. The first-order chi connectivity index (χ1) is 11.3. The number of guanidine groups is 1. The van der Waals surface area contributed by atoms with Crippen LogP contribution in [0.2, 0.25) is 0 Å². The van der Waals surface area contributed by atoms with Crippen molar-refractivity contribution in [1.29, 1.82) is 0 Å². The molecule has 1 saturated carbocycles. The maximum absolute atomic E-state index is 13.6. The first-order valence-corrected chi connectivity index (χ1v) is 8.01. The van der Waals surface area contributed by atoms with Crippen molar-refractivity contribution in [2.24, 2.45) is 10.9 Å². The molecule has 120 valence electrons. The highest BCUT2D eigenvalue weighted by atomic mass is 19.1. The molecule has 2 aromatic carbocycles. The SMILES string of the molecule is CN=C(NCc1ccccc1F)NCC1CC1c1ccccc1. The van der Waals surface area contributed by atoms with E-state index < -0.39 is 0 Å². The molecule has 3 rings (SSSR count). The number of hydrogen-bond donors (Lipinski definition) is 2. The van der Waals surface area contributed by atoms with E-state index in [9.17, 15) is 4.39 Å². The molecule has 0 saturated heterocycles. The average molecular weight is 311 g/mol. The van der Waals surface area contributed by atoms with Gasteiger partial charge in [0, 0.05) is 25.7 Å². The van der Waals surface area contributed by atoms with Gasteiger partial charge in [-0.2, -0.15) is 0 Å². The Balaban J connectivity index is 1.45. The molecule has 2 unspecified atom stereocenters. The summed E-state index contributed by atoms with van der Waals surface area (Å²) in [5, 5.41) is 6.50. The van der Waals surface area contributed by atoms with Crippen LogP contribution in [0.1, 0.15) is 23.5 Å². The molecule has 1 fully saturated rings. The molecular weight excluding hydrogens is 289 g/mol. The lowest BCUT2D eigenvalue weighted by Crippen LogP contribution is -2.38. The minimum Gasteiger partial charge on any atom is -0.356 e. The zero-order chi connectivity index (χ0) is 16.1. The third-order valence-electron chi connectivity index (χ3n) is 4.31. The molecule has 0 aromatic heterocycles. The van der Waals surface area contributed by atoms with E-state index in [0.29, 0.717) is 29.9 Å². The number of hydrogen-bond acceptors (Lipinski definition) is 1. The van der Waals surface area contributed by atoms with Crippen molar-refractivity contribution >= 4 is 5.96 Å². The van der Waals surface area contributed by atoms with Crippen LogP contribution >= 0.6 is 0 Å². The highest BCUT2D eigenvalue weighted by Crippen LogP contribution is 2.46. The topological polar surface area (TPSA) is 36.4 Å². The molecule has 2 atom stereocenters. The largest absolute Gasteiger partial charge is 0.356 e. The summed E-state index contributed by atoms with van der Waals surface area (Å²) in [6, 6.07) is 17.4. The van der Waals surface area contributed by atoms with Crippen molar-refractivity contribution in [2.75, 3.05) is 13.6 Å². The minimum atomic E-state index is -0.193. The van der Waals surface area contributed by atoms with Gasteiger partial charge in [0.25, 0.3) is 0 Å². The lowest BCUT2D eigenvalue weighted by atomic mass is 10.1. The van der Waals surface area contributed by atoms with E-state index in [4.69, 9.17) is 0 Å². The molecule has 3 nitrogen and oxygen atoms in total.